The molecule has 2 aromatic heterocycles. The van der Waals surface area contributed by atoms with E-state index in [1.165, 1.54) is 17.0 Å². The molecule has 9 heteroatoms. The van der Waals surface area contributed by atoms with Crippen molar-refractivity contribution in [2.75, 3.05) is 20.1 Å². The van der Waals surface area contributed by atoms with Crippen LogP contribution in [0.1, 0.15) is 37.4 Å². The molecular formula is C23H24FN5O3. The highest BCUT2D eigenvalue weighted by Gasteiger charge is 2.29. The lowest BCUT2D eigenvalue weighted by Gasteiger charge is -2.30. The normalized spacial score (nSPS) is 13.0. The molecule has 1 aliphatic rings. The van der Waals surface area contributed by atoms with Crippen LogP contribution < -0.4 is 5.56 Å². The van der Waals surface area contributed by atoms with Crippen molar-refractivity contribution in [2.45, 2.75) is 26.4 Å². The first kappa shape index (κ1) is 21.5. The van der Waals surface area contributed by atoms with E-state index in [0.29, 0.717) is 48.3 Å². The van der Waals surface area contributed by atoms with Crippen LogP contribution in [0.15, 0.2) is 47.9 Å². The van der Waals surface area contributed by atoms with Gasteiger partial charge in [-0.1, -0.05) is 6.07 Å². The largest absolute Gasteiger partial charge is 0.340 e. The van der Waals surface area contributed by atoms with E-state index in [2.05, 4.69) is 9.97 Å². The van der Waals surface area contributed by atoms with Gasteiger partial charge in [-0.2, -0.15) is 0 Å². The number of fused-ring (bicyclic) bond motifs is 1. The van der Waals surface area contributed by atoms with Crippen molar-refractivity contribution in [1.82, 2.24) is 24.3 Å². The lowest BCUT2D eigenvalue weighted by atomic mass is 9.95. The second kappa shape index (κ2) is 8.78. The number of benzene rings is 1. The third kappa shape index (κ3) is 4.05. The third-order valence-corrected chi connectivity index (χ3v) is 5.89. The molecule has 0 fully saturated rings. The molecule has 1 N–H and O–H groups in total. The molecule has 0 bridgehead atoms. The first-order valence-electron chi connectivity index (χ1n) is 10.4. The first-order valence-corrected chi connectivity index (χ1v) is 10.4. The van der Waals surface area contributed by atoms with Crippen LogP contribution >= 0.6 is 0 Å². The number of rotatable bonds is 5. The number of carbonyl (C=O) groups excluding carboxylic acids is 2. The van der Waals surface area contributed by atoms with E-state index in [1.54, 1.807) is 49.9 Å². The Hall–Kier alpha value is -3.75. The van der Waals surface area contributed by atoms with Crippen molar-refractivity contribution >= 4 is 11.8 Å². The smallest absolute Gasteiger partial charge is 0.261 e. The molecule has 0 saturated carbocycles. The number of aromatic nitrogens is 3. The molecule has 0 saturated heterocycles. The van der Waals surface area contributed by atoms with E-state index in [4.69, 9.17) is 0 Å². The van der Waals surface area contributed by atoms with Crippen LogP contribution in [-0.2, 0) is 19.5 Å². The second-order valence-electron chi connectivity index (χ2n) is 7.91. The van der Waals surface area contributed by atoms with E-state index < -0.39 is 11.4 Å². The number of amides is 2. The van der Waals surface area contributed by atoms with Crippen LogP contribution in [0.4, 0.5) is 4.39 Å². The number of aromatic amines is 1. The molecule has 0 aliphatic carbocycles. The van der Waals surface area contributed by atoms with Gasteiger partial charge in [0.25, 0.3) is 17.4 Å². The molecule has 3 aromatic rings. The van der Waals surface area contributed by atoms with E-state index in [0.717, 1.165) is 0 Å². The van der Waals surface area contributed by atoms with Crippen LogP contribution in [0, 0.1) is 12.7 Å². The summed E-state index contributed by atoms with van der Waals surface area (Å²) in [7, 11) is 1.66. The Morgan fingerprint density at radius 3 is 2.88 bits per heavy atom. The highest BCUT2D eigenvalue weighted by Crippen LogP contribution is 2.23. The van der Waals surface area contributed by atoms with Crippen LogP contribution in [0.25, 0.3) is 0 Å². The van der Waals surface area contributed by atoms with Gasteiger partial charge in [0, 0.05) is 57.4 Å². The molecule has 0 spiro atoms. The minimum absolute atomic E-state index is 0.115. The summed E-state index contributed by atoms with van der Waals surface area (Å²) in [5.74, 6) is -1.06. The van der Waals surface area contributed by atoms with Gasteiger partial charge in [0.2, 0.25) is 0 Å². The standard InChI is InChI=1S/C23H24FN5O3/c1-15-17(4-3-5-19(15)24)22(31)29-8-6-18-16(13-29)12-26-21(30)20(18)23(32)27(2)10-11-28-9-7-25-14-28/h3-5,7,9,12,14H,6,8,10-11,13H2,1-2H3,(H,26,30). The number of likely N-dealkylation sites (N-methyl/N-ethyl adjacent to an activating group) is 1. The van der Waals surface area contributed by atoms with Gasteiger partial charge in [0.15, 0.2) is 0 Å². The lowest BCUT2D eigenvalue weighted by molar-refractivity contribution is 0.0732. The number of nitrogens with zero attached hydrogens (tertiary/aromatic N) is 4. The number of imidazole rings is 1. The SMILES string of the molecule is Cc1c(F)cccc1C(=O)N1CCc2c(c[nH]c(=O)c2C(=O)N(C)CCn2ccnc2)C1. The number of pyridine rings is 1. The van der Waals surface area contributed by atoms with Crippen LogP contribution in [-0.4, -0.2) is 56.3 Å². The Morgan fingerprint density at radius 2 is 2.12 bits per heavy atom. The van der Waals surface area contributed by atoms with Crippen molar-refractivity contribution in [1.29, 1.82) is 0 Å². The summed E-state index contributed by atoms with van der Waals surface area (Å²) >= 11 is 0. The maximum atomic E-state index is 13.9. The molecule has 0 atom stereocenters. The Labute approximate surface area is 184 Å². The number of carbonyl (C=O) groups is 2. The van der Waals surface area contributed by atoms with Gasteiger partial charge < -0.3 is 19.4 Å². The van der Waals surface area contributed by atoms with Crippen molar-refractivity contribution < 1.29 is 14.0 Å². The Morgan fingerprint density at radius 1 is 1.31 bits per heavy atom. The first-order chi connectivity index (χ1) is 15.4. The minimum Gasteiger partial charge on any atom is -0.340 e. The number of nitrogens with one attached hydrogen (secondary N) is 1. The van der Waals surface area contributed by atoms with E-state index >= 15 is 0 Å². The van der Waals surface area contributed by atoms with Gasteiger partial charge in [-0.3, -0.25) is 14.4 Å². The quantitative estimate of drug-likeness (QED) is 0.661. The highest BCUT2D eigenvalue weighted by atomic mass is 19.1. The van der Waals surface area contributed by atoms with E-state index in [9.17, 15) is 18.8 Å². The maximum Gasteiger partial charge on any atom is 0.261 e. The molecular weight excluding hydrogens is 413 g/mol. The summed E-state index contributed by atoms with van der Waals surface area (Å²) in [6.07, 6.45) is 7.06. The number of halogens is 1. The van der Waals surface area contributed by atoms with Crippen LogP contribution in [0.2, 0.25) is 0 Å². The summed E-state index contributed by atoms with van der Waals surface area (Å²) in [6.45, 7) is 3.13. The minimum atomic E-state index is -0.441. The fraction of sp³-hybridized carbons (Fsp3) is 0.304. The summed E-state index contributed by atoms with van der Waals surface area (Å²) < 4.78 is 15.8. The second-order valence-corrected chi connectivity index (χ2v) is 7.91. The predicted molar refractivity (Wildman–Crippen MR) is 116 cm³/mol. The monoisotopic (exact) mass is 437 g/mol. The zero-order valence-electron chi connectivity index (χ0n) is 18.0. The van der Waals surface area contributed by atoms with Gasteiger partial charge in [0.1, 0.15) is 11.4 Å². The molecule has 8 nitrogen and oxygen atoms in total. The number of hydrogen-bond acceptors (Lipinski definition) is 4. The van der Waals surface area contributed by atoms with Crippen LogP contribution in [0.5, 0.6) is 0 Å². The fourth-order valence-electron chi connectivity index (χ4n) is 3.95. The van der Waals surface area contributed by atoms with Gasteiger partial charge in [0.05, 0.1) is 6.33 Å². The van der Waals surface area contributed by atoms with Gasteiger partial charge >= 0.3 is 0 Å². The molecule has 4 rings (SSSR count). The van der Waals surface area contributed by atoms with Crippen molar-refractivity contribution in [3.8, 4) is 0 Å². The zero-order valence-corrected chi connectivity index (χ0v) is 18.0. The topological polar surface area (TPSA) is 91.3 Å². The molecule has 0 unspecified atom stereocenters. The molecule has 3 heterocycles. The van der Waals surface area contributed by atoms with Gasteiger partial charge in [-0.25, -0.2) is 9.37 Å². The average Bonchev–Trinajstić information content (AvgIpc) is 3.32. The molecule has 1 aliphatic heterocycles. The average molecular weight is 437 g/mol. The molecule has 166 valence electrons. The Balaban J connectivity index is 1.55. The van der Waals surface area contributed by atoms with Gasteiger partial charge in [-0.15, -0.1) is 0 Å². The summed E-state index contributed by atoms with van der Waals surface area (Å²) in [5.41, 5.74) is 1.67. The number of hydrogen-bond donors (Lipinski definition) is 1. The zero-order chi connectivity index (χ0) is 22.8. The van der Waals surface area contributed by atoms with Gasteiger partial charge in [-0.05, 0) is 42.2 Å². The maximum absolute atomic E-state index is 13.9. The Kier molecular flexibility index (Phi) is 5.89. The van der Waals surface area contributed by atoms with Crippen molar-refractivity contribution in [3.63, 3.8) is 0 Å². The molecule has 32 heavy (non-hydrogen) atoms. The predicted octanol–water partition coefficient (Wildman–Crippen LogP) is 1.99. The number of H-pyrrole nitrogens is 1. The highest BCUT2D eigenvalue weighted by molar-refractivity contribution is 5.97. The molecule has 0 radical (unpaired) electrons. The van der Waals surface area contributed by atoms with E-state index in [1.807, 2.05) is 4.57 Å². The Bertz CT molecular complexity index is 1220. The summed E-state index contributed by atoms with van der Waals surface area (Å²) in [6, 6.07) is 4.44. The third-order valence-electron chi connectivity index (χ3n) is 5.89. The lowest BCUT2D eigenvalue weighted by Crippen LogP contribution is -2.40. The molecule has 1 aromatic carbocycles. The fourth-order valence-corrected chi connectivity index (χ4v) is 3.95. The van der Waals surface area contributed by atoms with Crippen molar-refractivity contribution in [2.24, 2.45) is 0 Å². The van der Waals surface area contributed by atoms with E-state index in [-0.39, 0.29) is 23.9 Å². The molecule has 2 amide bonds. The van der Waals surface area contributed by atoms with Crippen LogP contribution in [0.3, 0.4) is 0 Å². The summed E-state index contributed by atoms with van der Waals surface area (Å²) in [5, 5.41) is 0. The van der Waals surface area contributed by atoms with Crippen molar-refractivity contribution in [3.05, 3.63) is 87.1 Å². The summed E-state index contributed by atoms with van der Waals surface area (Å²) in [4.78, 5) is 48.3.